The maximum absolute atomic E-state index is 13.1. The maximum atomic E-state index is 13.1. The number of ketones is 1. The van der Waals surface area contributed by atoms with Crippen molar-refractivity contribution in [3.8, 4) is 0 Å². The molecule has 0 aromatic carbocycles. The lowest BCUT2D eigenvalue weighted by atomic mass is 9.65. The Labute approximate surface area is 154 Å². The number of hydrogen-bond acceptors (Lipinski definition) is 4. The van der Waals surface area contributed by atoms with E-state index in [-0.39, 0.29) is 22.5 Å². The van der Waals surface area contributed by atoms with Crippen molar-refractivity contribution in [1.29, 1.82) is 0 Å². The molecule has 2 atom stereocenters. The van der Waals surface area contributed by atoms with Crippen LogP contribution in [0.1, 0.15) is 69.1 Å². The highest BCUT2D eigenvalue weighted by Crippen LogP contribution is 2.52. The summed E-state index contributed by atoms with van der Waals surface area (Å²) in [5.74, 6) is 0.0265. The van der Waals surface area contributed by atoms with Crippen LogP contribution in [0.15, 0.2) is 17.1 Å². The number of fused-ring (bicyclic) bond motifs is 2. The van der Waals surface area contributed by atoms with E-state index in [1.807, 2.05) is 11.4 Å². The first kappa shape index (κ1) is 18.2. The predicted octanol–water partition coefficient (Wildman–Crippen LogP) is 4.07. The van der Waals surface area contributed by atoms with Gasteiger partial charge < -0.3 is 10.6 Å². The second-order valence-electron chi connectivity index (χ2n) is 8.96. The fraction of sp³-hybridized carbons (Fsp3) is 0.600. The molecule has 2 unspecified atom stereocenters. The first-order valence-corrected chi connectivity index (χ1v) is 9.76. The number of hydrogen-bond donors (Lipinski definition) is 1. The van der Waals surface area contributed by atoms with Gasteiger partial charge in [0.05, 0.1) is 11.1 Å². The van der Waals surface area contributed by atoms with Gasteiger partial charge in [0.25, 0.3) is 5.91 Å². The van der Waals surface area contributed by atoms with Crippen molar-refractivity contribution in [2.45, 2.75) is 59.9 Å². The zero-order chi connectivity index (χ0) is 18.6. The number of rotatable bonds is 3. The second-order valence-corrected chi connectivity index (χ2v) is 9.87. The summed E-state index contributed by atoms with van der Waals surface area (Å²) in [4.78, 5) is 27.8. The molecule has 2 N–H and O–H groups in total. The second kappa shape index (κ2) is 5.97. The molecule has 25 heavy (non-hydrogen) atoms. The Morgan fingerprint density at radius 2 is 1.92 bits per heavy atom. The summed E-state index contributed by atoms with van der Waals surface area (Å²) >= 11 is 1.42. The van der Waals surface area contributed by atoms with Crippen LogP contribution in [0, 0.1) is 10.8 Å². The smallest absolute Gasteiger partial charge is 0.254 e. The summed E-state index contributed by atoms with van der Waals surface area (Å²) in [6, 6.07) is 2.15. The molecule has 1 saturated heterocycles. The SMILES string of the molecule is CC(=O)C(=C(C)N)c1cc(C(=O)N2CC3(C)CC2CC(C)(C)C3)cs1. The number of allylic oxidation sites excluding steroid dienone is 2. The third-order valence-electron chi connectivity index (χ3n) is 5.51. The van der Waals surface area contributed by atoms with E-state index in [2.05, 4.69) is 25.7 Å². The molecule has 1 amide bonds. The molecule has 1 saturated carbocycles. The van der Waals surface area contributed by atoms with Crippen molar-refractivity contribution in [1.82, 2.24) is 4.90 Å². The molecule has 3 rings (SSSR count). The number of carbonyl (C=O) groups excluding carboxylic acids is 2. The number of nitrogens with zero attached hydrogens (tertiary/aromatic N) is 1. The van der Waals surface area contributed by atoms with E-state index in [0.29, 0.717) is 22.9 Å². The van der Waals surface area contributed by atoms with Crippen LogP contribution in [-0.4, -0.2) is 29.2 Å². The fourth-order valence-electron chi connectivity index (χ4n) is 5.09. The van der Waals surface area contributed by atoms with Crippen molar-refractivity contribution in [2.24, 2.45) is 16.6 Å². The number of nitrogens with two attached hydrogens (primary N) is 1. The van der Waals surface area contributed by atoms with E-state index < -0.39 is 0 Å². The van der Waals surface area contributed by atoms with Crippen molar-refractivity contribution >= 4 is 28.6 Å². The Morgan fingerprint density at radius 3 is 2.52 bits per heavy atom. The molecule has 1 aromatic heterocycles. The van der Waals surface area contributed by atoms with Crippen LogP contribution < -0.4 is 5.73 Å². The molecule has 136 valence electrons. The van der Waals surface area contributed by atoms with Crippen LogP contribution in [0.5, 0.6) is 0 Å². The predicted molar refractivity (Wildman–Crippen MR) is 102 cm³/mol. The highest BCUT2D eigenvalue weighted by Gasteiger charge is 2.51. The molecule has 0 radical (unpaired) electrons. The number of likely N-dealkylation sites (tertiary alicyclic amines) is 1. The largest absolute Gasteiger partial charge is 0.402 e. The van der Waals surface area contributed by atoms with Crippen LogP contribution in [-0.2, 0) is 4.79 Å². The van der Waals surface area contributed by atoms with Crippen LogP contribution in [0.3, 0.4) is 0 Å². The average Bonchev–Trinajstić information content (AvgIpc) is 2.99. The summed E-state index contributed by atoms with van der Waals surface area (Å²) in [5, 5.41) is 1.86. The van der Waals surface area contributed by atoms with Gasteiger partial charge in [-0.25, -0.2) is 0 Å². The fourth-order valence-corrected chi connectivity index (χ4v) is 6.13. The maximum Gasteiger partial charge on any atom is 0.254 e. The zero-order valence-electron chi connectivity index (χ0n) is 15.8. The Bertz CT molecular complexity index is 758. The lowest BCUT2D eigenvalue weighted by Crippen LogP contribution is -2.37. The van der Waals surface area contributed by atoms with E-state index in [0.717, 1.165) is 24.3 Å². The highest BCUT2D eigenvalue weighted by atomic mass is 32.1. The summed E-state index contributed by atoms with van der Waals surface area (Å²) in [6.45, 7) is 11.0. The summed E-state index contributed by atoms with van der Waals surface area (Å²) in [6.07, 6.45) is 3.32. The number of Topliss-reactive ketones (excluding diaryl/α,β-unsaturated/α-hetero) is 1. The summed E-state index contributed by atoms with van der Waals surface area (Å²) in [7, 11) is 0. The van der Waals surface area contributed by atoms with Crippen molar-refractivity contribution in [2.75, 3.05) is 6.54 Å². The van der Waals surface area contributed by atoms with Crippen LogP contribution in [0.2, 0.25) is 0 Å². The van der Waals surface area contributed by atoms with E-state index in [1.54, 1.807) is 6.92 Å². The van der Waals surface area contributed by atoms with Gasteiger partial charge in [0.15, 0.2) is 5.78 Å². The first-order chi connectivity index (χ1) is 11.5. The molecule has 2 fully saturated rings. The molecule has 0 spiro atoms. The number of amides is 1. The van der Waals surface area contributed by atoms with Gasteiger partial charge in [0.1, 0.15) is 0 Å². The number of carbonyl (C=O) groups is 2. The molecular formula is C20H28N2O2S. The van der Waals surface area contributed by atoms with Gasteiger partial charge in [-0.15, -0.1) is 11.3 Å². The standard InChI is InChI=1S/C20H28N2O2S/c1-12(21)17(13(2)23)16-6-14(9-25-16)18(24)22-11-20(5)8-15(22)7-19(3,4)10-20/h6,9,15H,7-8,10-11,21H2,1-5H3. The molecule has 1 aliphatic carbocycles. The minimum absolute atomic E-state index is 0.0628. The van der Waals surface area contributed by atoms with Crippen molar-refractivity contribution in [3.63, 3.8) is 0 Å². The van der Waals surface area contributed by atoms with Crippen LogP contribution in [0.25, 0.3) is 5.57 Å². The molecule has 2 heterocycles. The van der Waals surface area contributed by atoms with Gasteiger partial charge in [-0.3, -0.25) is 9.59 Å². The first-order valence-electron chi connectivity index (χ1n) is 8.89. The topological polar surface area (TPSA) is 63.4 Å². The van der Waals surface area contributed by atoms with E-state index >= 15 is 0 Å². The molecule has 4 nitrogen and oxygen atoms in total. The van der Waals surface area contributed by atoms with Gasteiger partial charge >= 0.3 is 0 Å². The zero-order valence-corrected chi connectivity index (χ0v) is 16.6. The van der Waals surface area contributed by atoms with Crippen molar-refractivity contribution in [3.05, 3.63) is 27.6 Å². The minimum Gasteiger partial charge on any atom is -0.402 e. The molecule has 5 heteroatoms. The monoisotopic (exact) mass is 360 g/mol. The lowest BCUT2D eigenvalue weighted by Gasteiger charge is -2.39. The Balaban J connectivity index is 1.86. The Kier molecular flexibility index (Phi) is 4.34. The van der Waals surface area contributed by atoms with Crippen molar-refractivity contribution < 1.29 is 9.59 Å². The van der Waals surface area contributed by atoms with Gasteiger partial charge in [-0.05, 0) is 50.0 Å². The quantitative estimate of drug-likeness (QED) is 0.827. The van der Waals surface area contributed by atoms with E-state index in [9.17, 15) is 9.59 Å². The third-order valence-corrected chi connectivity index (χ3v) is 6.46. The van der Waals surface area contributed by atoms with E-state index in [1.165, 1.54) is 24.7 Å². The Morgan fingerprint density at radius 1 is 1.24 bits per heavy atom. The molecular weight excluding hydrogens is 332 g/mol. The molecule has 1 aliphatic heterocycles. The highest BCUT2D eigenvalue weighted by molar-refractivity contribution is 7.11. The normalized spacial score (nSPS) is 28.7. The third kappa shape index (κ3) is 3.39. The van der Waals surface area contributed by atoms with Gasteiger partial charge in [-0.1, -0.05) is 20.8 Å². The molecule has 1 aromatic rings. The lowest BCUT2D eigenvalue weighted by molar-refractivity contribution is -0.111. The summed E-state index contributed by atoms with van der Waals surface area (Å²) in [5.41, 5.74) is 8.07. The van der Waals surface area contributed by atoms with Crippen LogP contribution >= 0.6 is 11.3 Å². The average molecular weight is 361 g/mol. The molecule has 2 aliphatic rings. The van der Waals surface area contributed by atoms with Gasteiger partial charge in [-0.2, -0.15) is 0 Å². The van der Waals surface area contributed by atoms with Gasteiger partial charge in [0.2, 0.25) is 0 Å². The minimum atomic E-state index is -0.0628. The number of thiophene rings is 1. The van der Waals surface area contributed by atoms with Crippen LogP contribution in [0.4, 0.5) is 0 Å². The Hall–Kier alpha value is -1.62. The summed E-state index contributed by atoms with van der Waals surface area (Å²) < 4.78 is 0. The molecule has 2 bridgehead atoms. The van der Waals surface area contributed by atoms with Gasteiger partial charge in [0, 0.05) is 28.5 Å². The van der Waals surface area contributed by atoms with E-state index in [4.69, 9.17) is 5.73 Å².